The van der Waals surface area contributed by atoms with E-state index in [1.165, 1.54) is 5.56 Å². The predicted octanol–water partition coefficient (Wildman–Crippen LogP) is 3.00. The average molecular weight is 284 g/mol. The van der Waals surface area contributed by atoms with E-state index in [0.29, 0.717) is 11.9 Å². The van der Waals surface area contributed by atoms with Crippen molar-refractivity contribution in [2.24, 2.45) is 0 Å². The maximum atomic E-state index is 5.81. The van der Waals surface area contributed by atoms with Crippen molar-refractivity contribution in [2.75, 3.05) is 11.4 Å². The molecule has 2 aromatic rings. The van der Waals surface area contributed by atoms with Gasteiger partial charge < -0.3 is 9.64 Å². The Morgan fingerprint density at radius 3 is 2.86 bits per heavy atom. The van der Waals surface area contributed by atoms with Gasteiger partial charge in [0.1, 0.15) is 0 Å². The van der Waals surface area contributed by atoms with Crippen LogP contribution in [0.3, 0.4) is 0 Å². The van der Waals surface area contributed by atoms with Crippen molar-refractivity contribution in [2.45, 2.75) is 38.8 Å². The van der Waals surface area contributed by atoms with E-state index in [4.69, 9.17) is 4.74 Å². The molecule has 1 unspecified atom stereocenters. The third-order valence-electron chi connectivity index (χ3n) is 3.59. The molecule has 0 spiro atoms. The first-order valence-electron chi connectivity index (χ1n) is 7.40. The Morgan fingerprint density at radius 1 is 1.24 bits per heavy atom. The van der Waals surface area contributed by atoms with Gasteiger partial charge >= 0.3 is 0 Å². The summed E-state index contributed by atoms with van der Waals surface area (Å²) in [5.74, 6) is 1.45. The fourth-order valence-corrected chi connectivity index (χ4v) is 2.76. The summed E-state index contributed by atoms with van der Waals surface area (Å²) in [6.45, 7) is 4.97. The van der Waals surface area contributed by atoms with Crippen LogP contribution in [0.2, 0.25) is 0 Å². The van der Waals surface area contributed by atoms with Crippen molar-refractivity contribution >= 4 is 5.82 Å². The zero-order valence-corrected chi connectivity index (χ0v) is 12.4. The van der Waals surface area contributed by atoms with E-state index in [1.54, 1.807) is 18.6 Å². The van der Waals surface area contributed by atoms with Gasteiger partial charge in [-0.25, -0.2) is 9.97 Å². The number of aromatic nitrogens is 3. The molecule has 0 bridgehead atoms. The van der Waals surface area contributed by atoms with Gasteiger partial charge in [-0.15, -0.1) is 0 Å². The molecule has 3 rings (SSSR count). The number of hydrogen-bond acceptors (Lipinski definition) is 5. The number of ether oxygens (including phenoxy) is 1. The lowest BCUT2D eigenvalue weighted by molar-refractivity contribution is 0.232. The number of anilines is 1. The Labute approximate surface area is 125 Å². The molecule has 1 aliphatic heterocycles. The van der Waals surface area contributed by atoms with Crippen molar-refractivity contribution in [3.63, 3.8) is 0 Å². The van der Waals surface area contributed by atoms with Crippen LogP contribution in [0, 0.1) is 0 Å². The molecule has 1 aliphatic rings. The molecule has 21 heavy (non-hydrogen) atoms. The molecule has 5 heteroatoms. The summed E-state index contributed by atoms with van der Waals surface area (Å²) in [4.78, 5) is 15.4. The first kappa shape index (κ1) is 13.8. The van der Waals surface area contributed by atoms with Crippen LogP contribution in [0.15, 0.2) is 36.9 Å². The van der Waals surface area contributed by atoms with Crippen LogP contribution < -0.4 is 9.64 Å². The van der Waals surface area contributed by atoms with E-state index >= 15 is 0 Å². The molecule has 0 aromatic carbocycles. The standard InChI is InChI=1S/C16H20N4O/c1-12(2)21-16-15(18-8-9-19-16)20-10-4-6-14(20)13-5-3-7-17-11-13/h3,5,7-9,11-12,14H,4,6,10H2,1-2H3. The second-order valence-corrected chi connectivity index (χ2v) is 5.49. The van der Waals surface area contributed by atoms with Crippen LogP contribution in [0.1, 0.15) is 38.3 Å². The molecular formula is C16H20N4O. The lowest BCUT2D eigenvalue weighted by atomic mass is 10.1. The van der Waals surface area contributed by atoms with Crippen LogP contribution in [-0.2, 0) is 0 Å². The van der Waals surface area contributed by atoms with Crippen LogP contribution in [0.25, 0.3) is 0 Å². The molecule has 110 valence electrons. The molecule has 5 nitrogen and oxygen atoms in total. The second kappa shape index (κ2) is 6.08. The predicted molar refractivity (Wildman–Crippen MR) is 81.4 cm³/mol. The zero-order valence-electron chi connectivity index (χ0n) is 12.4. The highest BCUT2D eigenvalue weighted by Gasteiger charge is 2.30. The number of hydrogen-bond donors (Lipinski definition) is 0. The van der Waals surface area contributed by atoms with Crippen LogP contribution >= 0.6 is 0 Å². The number of rotatable bonds is 4. The molecule has 0 N–H and O–H groups in total. The molecule has 2 aromatic heterocycles. The Balaban J connectivity index is 1.92. The minimum Gasteiger partial charge on any atom is -0.472 e. The summed E-state index contributed by atoms with van der Waals surface area (Å²) in [6, 6.07) is 4.40. The van der Waals surface area contributed by atoms with Crippen LogP contribution in [0.5, 0.6) is 5.88 Å². The number of nitrogens with zero attached hydrogens (tertiary/aromatic N) is 4. The topological polar surface area (TPSA) is 51.1 Å². The van der Waals surface area contributed by atoms with E-state index in [-0.39, 0.29) is 6.10 Å². The summed E-state index contributed by atoms with van der Waals surface area (Å²) < 4.78 is 5.81. The van der Waals surface area contributed by atoms with E-state index in [0.717, 1.165) is 25.2 Å². The molecule has 1 atom stereocenters. The largest absolute Gasteiger partial charge is 0.472 e. The Kier molecular flexibility index (Phi) is 3.99. The Morgan fingerprint density at radius 2 is 2.10 bits per heavy atom. The fourth-order valence-electron chi connectivity index (χ4n) is 2.76. The van der Waals surface area contributed by atoms with Crippen molar-refractivity contribution in [1.29, 1.82) is 0 Å². The molecule has 0 amide bonds. The first-order valence-corrected chi connectivity index (χ1v) is 7.40. The van der Waals surface area contributed by atoms with Gasteiger partial charge in [0, 0.05) is 31.3 Å². The number of pyridine rings is 1. The monoisotopic (exact) mass is 284 g/mol. The highest BCUT2D eigenvalue weighted by Crippen LogP contribution is 2.38. The first-order chi connectivity index (χ1) is 10.3. The molecule has 3 heterocycles. The normalized spacial score (nSPS) is 18.2. The van der Waals surface area contributed by atoms with Gasteiger partial charge in [0.05, 0.1) is 12.1 Å². The minimum atomic E-state index is 0.0832. The van der Waals surface area contributed by atoms with E-state index in [9.17, 15) is 0 Å². The molecule has 1 fully saturated rings. The maximum absolute atomic E-state index is 5.81. The van der Waals surface area contributed by atoms with Crippen molar-refractivity contribution in [1.82, 2.24) is 15.0 Å². The molecule has 1 saturated heterocycles. The molecule has 0 saturated carbocycles. The highest BCUT2D eigenvalue weighted by molar-refractivity contribution is 5.51. The summed E-state index contributed by atoms with van der Waals surface area (Å²) in [5, 5.41) is 0. The minimum absolute atomic E-state index is 0.0832. The third-order valence-corrected chi connectivity index (χ3v) is 3.59. The quantitative estimate of drug-likeness (QED) is 0.864. The van der Waals surface area contributed by atoms with E-state index < -0.39 is 0 Å². The summed E-state index contributed by atoms with van der Waals surface area (Å²) >= 11 is 0. The maximum Gasteiger partial charge on any atom is 0.257 e. The fraction of sp³-hybridized carbons (Fsp3) is 0.438. The van der Waals surface area contributed by atoms with Crippen molar-refractivity contribution in [3.8, 4) is 5.88 Å². The molecular weight excluding hydrogens is 264 g/mol. The van der Waals surface area contributed by atoms with Gasteiger partial charge in [-0.2, -0.15) is 0 Å². The zero-order chi connectivity index (χ0) is 14.7. The van der Waals surface area contributed by atoms with Gasteiger partial charge in [0.25, 0.3) is 5.88 Å². The van der Waals surface area contributed by atoms with Crippen LogP contribution in [0.4, 0.5) is 5.82 Å². The van der Waals surface area contributed by atoms with E-state index in [2.05, 4.69) is 25.9 Å². The lowest BCUT2D eigenvalue weighted by Gasteiger charge is -2.27. The Hall–Kier alpha value is -2.17. The van der Waals surface area contributed by atoms with Crippen LogP contribution in [-0.4, -0.2) is 27.6 Å². The lowest BCUT2D eigenvalue weighted by Crippen LogP contribution is -2.25. The molecule has 0 aliphatic carbocycles. The van der Waals surface area contributed by atoms with Gasteiger partial charge in [-0.1, -0.05) is 6.07 Å². The van der Waals surface area contributed by atoms with Gasteiger partial charge in [0.2, 0.25) is 0 Å². The smallest absolute Gasteiger partial charge is 0.257 e. The second-order valence-electron chi connectivity index (χ2n) is 5.49. The molecule has 0 radical (unpaired) electrons. The average Bonchev–Trinajstić information content (AvgIpc) is 2.97. The van der Waals surface area contributed by atoms with Gasteiger partial charge in [-0.05, 0) is 38.3 Å². The van der Waals surface area contributed by atoms with Crippen molar-refractivity contribution in [3.05, 3.63) is 42.5 Å². The van der Waals surface area contributed by atoms with Crippen molar-refractivity contribution < 1.29 is 4.74 Å². The highest BCUT2D eigenvalue weighted by atomic mass is 16.5. The summed E-state index contributed by atoms with van der Waals surface area (Å²) in [7, 11) is 0. The Bertz CT molecular complexity index is 588. The summed E-state index contributed by atoms with van der Waals surface area (Å²) in [6.07, 6.45) is 9.46. The van der Waals surface area contributed by atoms with E-state index in [1.807, 2.05) is 26.1 Å². The SMILES string of the molecule is CC(C)Oc1nccnc1N1CCCC1c1cccnc1. The summed E-state index contributed by atoms with van der Waals surface area (Å²) in [5.41, 5.74) is 1.22. The third kappa shape index (κ3) is 2.96. The van der Waals surface area contributed by atoms with Gasteiger partial charge in [-0.3, -0.25) is 4.98 Å². The van der Waals surface area contributed by atoms with Gasteiger partial charge in [0.15, 0.2) is 5.82 Å².